The molecule has 0 unspecified atom stereocenters. The van der Waals surface area contributed by atoms with E-state index in [1.165, 1.54) is 17.1 Å². The molecular formula is C13H11FN6. The topological polar surface area (TPSA) is 92.9 Å². The quantitative estimate of drug-likeness (QED) is 0.512. The van der Waals surface area contributed by atoms with E-state index < -0.39 is 5.83 Å². The van der Waals surface area contributed by atoms with E-state index >= 15 is 0 Å². The molecule has 0 spiro atoms. The first-order chi connectivity index (χ1) is 9.52. The van der Waals surface area contributed by atoms with Crippen molar-refractivity contribution in [1.29, 1.82) is 5.26 Å². The molecule has 0 fully saturated rings. The lowest BCUT2D eigenvalue weighted by atomic mass is 10.3. The zero-order valence-corrected chi connectivity index (χ0v) is 10.7. The standard InChI is InChI=1S/C13H11FN6/c1-8(16)11(14)6-17-9(2)20-13-3-10(4-15)5-18-12(13)7-19-20/h3,5-7H,1,16H2,2H3/b11-6+,17-9?. The SMILES string of the molecule is C=C(N)/C(F)=C\N=C(C)n1ncc2ncc(C#N)cc21. The van der Waals surface area contributed by atoms with E-state index in [4.69, 9.17) is 11.0 Å². The number of halogens is 1. The largest absolute Gasteiger partial charge is 0.397 e. The summed E-state index contributed by atoms with van der Waals surface area (Å²) >= 11 is 0. The van der Waals surface area contributed by atoms with Crippen molar-refractivity contribution in [3.8, 4) is 6.07 Å². The molecule has 0 aliphatic heterocycles. The van der Waals surface area contributed by atoms with Gasteiger partial charge in [-0.1, -0.05) is 6.58 Å². The summed E-state index contributed by atoms with van der Waals surface area (Å²) in [5.74, 6) is -0.301. The van der Waals surface area contributed by atoms with Crippen LogP contribution in [0, 0.1) is 11.3 Å². The van der Waals surface area contributed by atoms with Crippen molar-refractivity contribution >= 4 is 16.9 Å². The molecule has 2 rings (SSSR count). The van der Waals surface area contributed by atoms with Crippen molar-refractivity contribution in [2.24, 2.45) is 10.7 Å². The van der Waals surface area contributed by atoms with Crippen molar-refractivity contribution < 1.29 is 4.39 Å². The van der Waals surface area contributed by atoms with Crippen LogP contribution < -0.4 is 5.73 Å². The number of hydrogen-bond donors (Lipinski definition) is 1. The first kappa shape index (κ1) is 13.4. The van der Waals surface area contributed by atoms with E-state index in [-0.39, 0.29) is 5.70 Å². The minimum atomic E-state index is -0.711. The zero-order chi connectivity index (χ0) is 14.7. The number of nitrogens with zero attached hydrogens (tertiary/aromatic N) is 5. The fraction of sp³-hybridized carbons (Fsp3) is 0.0769. The molecule has 2 aromatic heterocycles. The fourth-order valence-corrected chi connectivity index (χ4v) is 1.51. The summed E-state index contributed by atoms with van der Waals surface area (Å²) < 4.78 is 14.7. The zero-order valence-electron chi connectivity index (χ0n) is 10.7. The van der Waals surface area contributed by atoms with Gasteiger partial charge in [0, 0.05) is 6.20 Å². The number of rotatable bonds is 2. The van der Waals surface area contributed by atoms with Gasteiger partial charge in [-0.25, -0.2) is 14.1 Å². The third-order valence-electron chi connectivity index (χ3n) is 2.53. The molecule has 0 aromatic carbocycles. The number of hydrogen-bond acceptors (Lipinski definition) is 5. The molecule has 6 nitrogen and oxygen atoms in total. The molecule has 0 aliphatic carbocycles. The molecule has 0 saturated carbocycles. The number of allylic oxidation sites excluding steroid dienone is 1. The lowest BCUT2D eigenvalue weighted by molar-refractivity contribution is 0.646. The van der Waals surface area contributed by atoms with Gasteiger partial charge in [0.25, 0.3) is 0 Å². The molecule has 0 aliphatic rings. The van der Waals surface area contributed by atoms with Crippen molar-refractivity contribution in [2.75, 3.05) is 0 Å². The molecular weight excluding hydrogens is 259 g/mol. The molecule has 0 radical (unpaired) electrons. The molecule has 2 heterocycles. The van der Waals surface area contributed by atoms with E-state index in [2.05, 4.69) is 21.7 Å². The highest BCUT2D eigenvalue weighted by Gasteiger charge is 2.07. The maximum Gasteiger partial charge on any atom is 0.163 e. The summed E-state index contributed by atoms with van der Waals surface area (Å²) in [6.07, 6.45) is 3.96. The Morgan fingerprint density at radius 2 is 2.35 bits per heavy atom. The highest BCUT2D eigenvalue weighted by molar-refractivity contribution is 5.91. The van der Waals surface area contributed by atoms with Gasteiger partial charge in [-0.15, -0.1) is 0 Å². The monoisotopic (exact) mass is 270 g/mol. The van der Waals surface area contributed by atoms with Gasteiger partial charge in [-0.05, 0) is 13.0 Å². The highest BCUT2D eigenvalue weighted by Crippen LogP contribution is 2.13. The molecule has 20 heavy (non-hydrogen) atoms. The number of fused-ring (bicyclic) bond motifs is 1. The van der Waals surface area contributed by atoms with Gasteiger partial charge < -0.3 is 5.73 Å². The van der Waals surface area contributed by atoms with E-state index in [9.17, 15) is 4.39 Å². The van der Waals surface area contributed by atoms with Crippen molar-refractivity contribution in [1.82, 2.24) is 14.8 Å². The molecule has 2 N–H and O–H groups in total. The molecule has 7 heteroatoms. The summed E-state index contributed by atoms with van der Waals surface area (Å²) in [4.78, 5) is 8.02. The second-order valence-electron chi connectivity index (χ2n) is 3.98. The van der Waals surface area contributed by atoms with Crippen molar-refractivity contribution in [2.45, 2.75) is 6.92 Å². The average Bonchev–Trinajstić information content (AvgIpc) is 2.86. The summed E-state index contributed by atoms with van der Waals surface area (Å²) in [6, 6.07) is 3.63. The maximum atomic E-state index is 13.2. The Kier molecular flexibility index (Phi) is 3.57. The van der Waals surface area contributed by atoms with Gasteiger partial charge >= 0.3 is 0 Å². The van der Waals surface area contributed by atoms with Crippen LogP contribution >= 0.6 is 0 Å². The maximum absolute atomic E-state index is 13.2. The van der Waals surface area contributed by atoms with Crippen LogP contribution in [0.4, 0.5) is 4.39 Å². The Hall–Kier alpha value is -3.01. The minimum Gasteiger partial charge on any atom is -0.397 e. The summed E-state index contributed by atoms with van der Waals surface area (Å²) in [5, 5.41) is 13.0. The molecule has 100 valence electrons. The smallest absolute Gasteiger partial charge is 0.163 e. The van der Waals surface area contributed by atoms with Crippen LogP contribution in [0.2, 0.25) is 0 Å². The van der Waals surface area contributed by atoms with E-state index in [0.29, 0.717) is 22.4 Å². The first-order valence-corrected chi connectivity index (χ1v) is 5.62. The van der Waals surface area contributed by atoms with Gasteiger partial charge in [0.15, 0.2) is 5.83 Å². The number of nitrogens with two attached hydrogens (primary N) is 1. The minimum absolute atomic E-state index is 0.194. The predicted octanol–water partition coefficient (Wildman–Crippen LogP) is 1.85. The van der Waals surface area contributed by atoms with Gasteiger partial charge in [-0.3, -0.25) is 4.98 Å². The van der Waals surface area contributed by atoms with Crippen LogP contribution in [0.3, 0.4) is 0 Å². The Bertz CT molecular complexity index is 778. The Labute approximate surface area is 114 Å². The van der Waals surface area contributed by atoms with Crippen LogP contribution in [-0.2, 0) is 0 Å². The molecule has 0 atom stereocenters. The van der Waals surface area contributed by atoms with Gasteiger partial charge in [0.1, 0.15) is 17.4 Å². The number of nitriles is 1. The van der Waals surface area contributed by atoms with Crippen LogP contribution in [0.1, 0.15) is 12.5 Å². The molecule has 0 bridgehead atoms. The molecule has 0 saturated heterocycles. The van der Waals surface area contributed by atoms with Crippen molar-refractivity contribution in [3.63, 3.8) is 0 Å². The van der Waals surface area contributed by atoms with Crippen LogP contribution in [0.25, 0.3) is 11.0 Å². The number of aromatic nitrogens is 3. The predicted molar refractivity (Wildman–Crippen MR) is 73.3 cm³/mol. The first-order valence-electron chi connectivity index (χ1n) is 5.62. The summed E-state index contributed by atoms with van der Waals surface area (Å²) in [5.41, 5.74) is 6.64. The third kappa shape index (κ3) is 2.54. The highest BCUT2D eigenvalue weighted by atomic mass is 19.1. The van der Waals surface area contributed by atoms with Crippen LogP contribution in [0.15, 0.2) is 47.8 Å². The number of pyridine rings is 1. The van der Waals surface area contributed by atoms with E-state index in [1.54, 1.807) is 13.0 Å². The second-order valence-corrected chi connectivity index (χ2v) is 3.98. The van der Waals surface area contributed by atoms with Gasteiger partial charge in [0.2, 0.25) is 0 Å². The van der Waals surface area contributed by atoms with Gasteiger partial charge in [0.05, 0.1) is 29.2 Å². The van der Waals surface area contributed by atoms with E-state index in [1.807, 2.05) is 6.07 Å². The van der Waals surface area contributed by atoms with Crippen LogP contribution in [0.5, 0.6) is 0 Å². The molecule has 2 aromatic rings. The summed E-state index contributed by atoms with van der Waals surface area (Å²) in [6.45, 7) is 4.91. The normalized spacial score (nSPS) is 12.4. The Balaban J connectivity index is 2.48. The Morgan fingerprint density at radius 1 is 1.60 bits per heavy atom. The lowest BCUT2D eigenvalue weighted by Gasteiger charge is -2.01. The van der Waals surface area contributed by atoms with Crippen LogP contribution in [-0.4, -0.2) is 20.6 Å². The third-order valence-corrected chi connectivity index (χ3v) is 2.53. The average molecular weight is 270 g/mol. The fourth-order valence-electron chi connectivity index (χ4n) is 1.51. The van der Waals surface area contributed by atoms with E-state index in [0.717, 1.165) is 6.20 Å². The van der Waals surface area contributed by atoms with Crippen molar-refractivity contribution in [3.05, 3.63) is 48.3 Å². The lowest BCUT2D eigenvalue weighted by Crippen LogP contribution is -2.08. The summed E-state index contributed by atoms with van der Waals surface area (Å²) in [7, 11) is 0. The number of aliphatic imine (C=N–C) groups is 1. The molecule has 0 amide bonds. The Morgan fingerprint density at radius 3 is 3.00 bits per heavy atom. The second kappa shape index (κ2) is 5.32. The van der Waals surface area contributed by atoms with Gasteiger partial charge in [-0.2, -0.15) is 10.4 Å².